The van der Waals surface area contributed by atoms with Crippen LogP contribution < -0.4 is 10.1 Å². The zero-order valence-corrected chi connectivity index (χ0v) is 14.4. The molecule has 4 heteroatoms. The van der Waals surface area contributed by atoms with Gasteiger partial charge in [-0.3, -0.25) is 9.78 Å². The van der Waals surface area contributed by atoms with Crippen LogP contribution in [0.2, 0.25) is 0 Å². The Labute approximate surface area is 156 Å². The summed E-state index contributed by atoms with van der Waals surface area (Å²) in [4.78, 5) is 17.4. The number of fused-ring (bicyclic) bond motifs is 2. The number of para-hydroxylation sites is 3. The highest BCUT2D eigenvalue weighted by Gasteiger charge is 2.33. The summed E-state index contributed by atoms with van der Waals surface area (Å²) in [5.74, 6) is 0.934. The topological polar surface area (TPSA) is 51.2 Å². The van der Waals surface area contributed by atoms with Crippen LogP contribution in [0.5, 0.6) is 11.5 Å². The number of hydrogen-bond acceptors (Lipinski definition) is 3. The number of nitrogens with one attached hydrogen (secondary N) is 1. The minimum atomic E-state index is -0.441. The van der Waals surface area contributed by atoms with E-state index in [0.29, 0.717) is 11.4 Å². The third-order valence-electron chi connectivity index (χ3n) is 4.76. The van der Waals surface area contributed by atoms with Crippen molar-refractivity contribution in [2.75, 3.05) is 5.32 Å². The van der Waals surface area contributed by atoms with Crippen molar-refractivity contribution >= 4 is 22.5 Å². The maximum absolute atomic E-state index is 12.6. The van der Waals surface area contributed by atoms with E-state index < -0.39 is 5.92 Å². The molecule has 2 heterocycles. The normalized spacial score (nSPS) is 15.4. The van der Waals surface area contributed by atoms with Crippen LogP contribution in [0.1, 0.15) is 17.2 Å². The largest absolute Gasteiger partial charge is 0.457 e. The van der Waals surface area contributed by atoms with Crippen LogP contribution in [0.4, 0.5) is 5.69 Å². The summed E-state index contributed by atoms with van der Waals surface area (Å²) < 4.78 is 6.14. The lowest BCUT2D eigenvalue weighted by molar-refractivity contribution is -0.116. The number of aromatic nitrogens is 1. The van der Waals surface area contributed by atoms with Crippen molar-refractivity contribution in [3.63, 3.8) is 0 Å². The molecule has 1 N–H and O–H groups in total. The Morgan fingerprint density at radius 3 is 2.48 bits per heavy atom. The van der Waals surface area contributed by atoms with Gasteiger partial charge in [0.2, 0.25) is 5.91 Å². The van der Waals surface area contributed by atoms with Crippen molar-refractivity contribution in [1.82, 2.24) is 4.98 Å². The number of carbonyl (C=O) groups is 1. The molecular weight excluding hydrogens is 336 g/mol. The molecule has 0 aliphatic carbocycles. The number of amides is 1. The third kappa shape index (κ3) is 2.72. The molecule has 1 aliphatic heterocycles. The zero-order valence-electron chi connectivity index (χ0n) is 14.4. The van der Waals surface area contributed by atoms with Crippen molar-refractivity contribution < 1.29 is 9.53 Å². The van der Waals surface area contributed by atoms with Crippen LogP contribution in [0.15, 0.2) is 84.9 Å². The third-order valence-corrected chi connectivity index (χ3v) is 4.76. The number of nitrogens with zero attached hydrogens (tertiary/aromatic N) is 1. The van der Waals surface area contributed by atoms with Crippen LogP contribution in [-0.2, 0) is 4.79 Å². The van der Waals surface area contributed by atoms with Gasteiger partial charge in [0.05, 0.1) is 11.2 Å². The first kappa shape index (κ1) is 15.6. The highest BCUT2D eigenvalue weighted by atomic mass is 16.5. The van der Waals surface area contributed by atoms with E-state index in [-0.39, 0.29) is 5.91 Å². The van der Waals surface area contributed by atoms with Gasteiger partial charge in [0, 0.05) is 17.1 Å². The molecule has 0 saturated heterocycles. The van der Waals surface area contributed by atoms with Gasteiger partial charge in [0.1, 0.15) is 17.4 Å². The number of carbonyl (C=O) groups excluding carboxylic acids is 1. The summed E-state index contributed by atoms with van der Waals surface area (Å²) in [5.41, 5.74) is 3.27. The monoisotopic (exact) mass is 352 g/mol. The average molecular weight is 352 g/mol. The molecule has 3 aromatic carbocycles. The van der Waals surface area contributed by atoms with Gasteiger partial charge in [0.15, 0.2) is 0 Å². The summed E-state index contributed by atoms with van der Waals surface area (Å²) in [6.07, 6.45) is 0. The second-order valence-electron chi connectivity index (χ2n) is 6.49. The fourth-order valence-corrected chi connectivity index (χ4v) is 3.51. The van der Waals surface area contributed by atoms with E-state index in [2.05, 4.69) is 5.32 Å². The van der Waals surface area contributed by atoms with Crippen molar-refractivity contribution in [1.29, 1.82) is 0 Å². The van der Waals surface area contributed by atoms with Crippen LogP contribution in [0, 0.1) is 0 Å². The van der Waals surface area contributed by atoms with Gasteiger partial charge in [0.25, 0.3) is 0 Å². The number of rotatable bonds is 3. The number of pyridine rings is 1. The summed E-state index contributed by atoms with van der Waals surface area (Å²) in [6, 6.07) is 27.1. The molecule has 0 saturated carbocycles. The second-order valence-corrected chi connectivity index (χ2v) is 6.49. The van der Waals surface area contributed by atoms with Gasteiger partial charge in [-0.05, 0) is 35.9 Å². The molecule has 1 aromatic heterocycles. The molecule has 4 nitrogen and oxygen atoms in total. The Morgan fingerprint density at radius 2 is 1.59 bits per heavy atom. The molecule has 1 amide bonds. The van der Waals surface area contributed by atoms with Gasteiger partial charge in [-0.25, -0.2) is 0 Å². The Morgan fingerprint density at radius 1 is 0.852 bits per heavy atom. The smallest absolute Gasteiger partial charge is 0.238 e. The van der Waals surface area contributed by atoms with Crippen LogP contribution in [0.25, 0.3) is 10.9 Å². The highest BCUT2D eigenvalue weighted by Crippen LogP contribution is 2.39. The molecule has 0 radical (unpaired) electrons. The molecule has 0 bridgehead atoms. The molecule has 27 heavy (non-hydrogen) atoms. The minimum Gasteiger partial charge on any atom is -0.457 e. The average Bonchev–Trinajstić information content (AvgIpc) is 3.04. The summed E-state index contributed by atoms with van der Waals surface area (Å²) in [6.45, 7) is 0. The molecular formula is C23H16N2O2. The predicted molar refractivity (Wildman–Crippen MR) is 105 cm³/mol. The summed E-state index contributed by atoms with van der Waals surface area (Å²) in [5, 5.41) is 3.86. The van der Waals surface area contributed by atoms with Gasteiger partial charge in [-0.1, -0.05) is 48.5 Å². The van der Waals surface area contributed by atoms with E-state index in [1.807, 2.05) is 84.9 Å². The van der Waals surface area contributed by atoms with Gasteiger partial charge in [-0.15, -0.1) is 0 Å². The second kappa shape index (κ2) is 6.25. The lowest BCUT2D eigenvalue weighted by atomic mass is 9.96. The summed E-state index contributed by atoms with van der Waals surface area (Å²) in [7, 11) is 0. The maximum atomic E-state index is 12.6. The Hall–Kier alpha value is -3.66. The standard InChI is InChI=1S/C23H16N2O2/c26-23-22(17-11-5-7-13-19(17)25-23)20-14-21(27-15-8-2-1-3-9-15)16-10-4-6-12-18(16)24-20/h1-14,22H,(H,25,26). The van der Waals surface area contributed by atoms with Crippen molar-refractivity contribution in [3.8, 4) is 11.5 Å². The summed E-state index contributed by atoms with van der Waals surface area (Å²) >= 11 is 0. The van der Waals surface area contributed by atoms with Crippen molar-refractivity contribution in [2.45, 2.75) is 5.92 Å². The number of benzene rings is 3. The first-order chi connectivity index (χ1) is 13.3. The predicted octanol–water partition coefficient (Wildman–Crippen LogP) is 5.11. The lowest BCUT2D eigenvalue weighted by Crippen LogP contribution is -2.14. The van der Waals surface area contributed by atoms with Gasteiger partial charge < -0.3 is 10.1 Å². The van der Waals surface area contributed by atoms with E-state index in [9.17, 15) is 4.79 Å². The highest BCUT2D eigenvalue weighted by molar-refractivity contribution is 6.05. The van der Waals surface area contributed by atoms with Crippen LogP contribution in [0.3, 0.4) is 0 Å². The number of anilines is 1. The number of ether oxygens (including phenoxy) is 1. The van der Waals surface area contributed by atoms with E-state index >= 15 is 0 Å². The molecule has 4 aromatic rings. The van der Waals surface area contributed by atoms with E-state index in [1.54, 1.807) is 0 Å². The first-order valence-corrected chi connectivity index (χ1v) is 8.82. The van der Waals surface area contributed by atoms with Crippen LogP contribution in [-0.4, -0.2) is 10.9 Å². The quantitative estimate of drug-likeness (QED) is 0.557. The Bertz CT molecular complexity index is 1160. The zero-order chi connectivity index (χ0) is 18.2. The van der Waals surface area contributed by atoms with Crippen molar-refractivity contribution in [3.05, 3.63) is 96.2 Å². The lowest BCUT2D eigenvalue weighted by Gasteiger charge is -2.14. The SMILES string of the molecule is O=C1Nc2ccccc2C1c1cc(Oc2ccccc2)c2ccccc2n1. The minimum absolute atomic E-state index is 0.0651. The van der Waals surface area contributed by atoms with Crippen molar-refractivity contribution in [2.24, 2.45) is 0 Å². The van der Waals surface area contributed by atoms with Gasteiger partial charge in [-0.2, -0.15) is 0 Å². The van der Waals surface area contributed by atoms with Gasteiger partial charge >= 0.3 is 0 Å². The Balaban J connectivity index is 1.67. The molecule has 1 atom stereocenters. The molecule has 130 valence electrons. The van der Waals surface area contributed by atoms with Crippen LogP contribution >= 0.6 is 0 Å². The molecule has 1 unspecified atom stereocenters. The maximum Gasteiger partial charge on any atom is 0.238 e. The van der Waals surface area contributed by atoms with E-state index in [0.717, 1.165) is 27.9 Å². The van der Waals surface area contributed by atoms with E-state index in [1.165, 1.54) is 0 Å². The number of hydrogen-bond donors (Lipinski definition) is 1. The van der Waals surface area contributed by atoms with E-state index in [4.69, 9.17) is 9.72 Å². The molecule has 0 fully saturated rings. The Kier molecular flexibility index (Phi) is 3.61. The molecule has 1 aliphatic rings. The molecule has 0 spiro atoms. The fraction of sp³-hybridized carbons (Fsp3) is 0.0435. The first-order valence-electron chi connectivity index (χ1n) is 8.82. The molecule has 5 rings (SSSR count). The fourth-order valence-electron chi connectivity index (χ4n) is 3.51.